The number of amides is 1. The van der Waals surface area contributed by atoms with Crippen LogP contribution in [0.3, 0.4) is 0 Å². The maximum absolute atomic E-state index is 13.8. The van der Waals surface area contributed by atoms with Crippen molar-refractivity contribution in [2.24, 2.45) is 16.5 Å². The number of ether oxygens (including phenoxy) is 1. The molecule has 1 aliphatic rings. The molecule has 6 N–H and O–H groups in total. The third-order valence-electron chi connectivity index (χ3n) is 4.04. The number of carboxylic acids is 1. The lowest BCUT2D eigenvalue weighted by Crippen LogP contribution is -2.57. The molecule has 0 bridgehead atoms. The average Bonchev–Trinajstić information content (AvgIpc) is 2.57. The molecule has 0 aromatic carbocycles. The van der Waals surface area contributed by atoms with E-state index in [-0.39, 0.29) is 0 Å². The van der Waals surface area contributed by atoms with E-state index in [0.717, 1.165) is 6.92 Å². The Morgan fingerprint density at radius 1 is 1.16 bits per heavy atom. The lowest BCUT2D eigenvalue weighted by molar-refractivity contribution is -0.267. The summed E-state index contributed by atoms with van der Waals surface area (Å²) in [5.41, 5.74) is 9.74. The molecule has 0 spiro atoms. The summed E-state index contributed by atoms with van der Waals surface area (Å²) in [4.78, 5) is 26.3. The number of carbonyl (C=O) groups is 2. The van der Waals surface area contributed by atoms with Crippen LogP contribution in [0.25, 0.3) is 0 Å². The minimum Gasteiger partial charge on any atom is -0.478 e. The van der Waals surface area contributed by atoms with Crippen LogP contribution in [-0.4, -0.2) is 71.9 Å². The van der Waals surface area contributed by atoms with Crippen LogP contribution in [0.1, 0.15) is 13.3 Å². The Hall–Kier alpha value is -2.65. The van der Waals surface area contributed by atoms with E-state index in [2.05, 4.69) is 15.0 Å². The first-order chi connectivity index (χ1) is 13.9. The number of nitrogens with one attached hydrogen (secondary N) is 1. The molecule has 0 saturated carbocycles. The number of hydrogen-bond donors (Lipinski definition) is 4. The van der Waals surface area contributed by atoms with Crippen LogP contribution in [0.15, 0.2) is 16.6 Å². The third-order valence-corrected chi connectivity index (χ3v) is 4.04. The number of nitrogens with two attached hydrogens (primary N) is 2. The van der Waals surface area contributed by atoms with Crippen LogP contribution >= 0.6 is 0 Å². The summed E-state index contributed by atoms with van der Waals surface area (Å²) < 4.78 is 108. The molecule has 1 rings (SSSR count). The SMILES string of the molecule is CC(=O)N[C@@H]1[C@@H](N=C(N)N)CC(C(=O)O)=C[C@H]1OC([C@@H](F)C(F)(F)F)[C@H](F)C(F)(F)F. The van der Waals surface area contributed by atoms with Crippen molar-refractivity contribution in [3.8, 4) is 0 Å². The molecule has 16 heteroatoms. The number of nitrogens with zero attached hydrogens (tertiary/aromatic N) is 1. The Morgan fingerprint density at radius 2 is 1.65 bits per heavy atom. The second kappa shape index (κ2) is 9.65. The number of rotatable bonds is 7. The molecule has 6 atom stereocenters. The quantitative estimate of drug-likeness (QED) is 0.250. The minimum absolute atomic E-state index is 0.528. The second-order valence-corrected chi connectivity index (χ2v) is 6.50. The largest absolute Gasteiger partial charge is 0.478 e. The number of hydrogen-bond acceptors (Lipinski definition) is 4. The van der Waals surface area contributed by atoms with Gasteiger partial charge < -0.3 is 26.6 Å². The predicted octanol–water partition coefficient (Wildman–Crippen LogP) is 1.10. The van der Waals surface area contributed by atoms with E-state index in [4.69, 9.17) is 16.6 Å². The van der Waals surface area contributed by atoms with Gasteiger partial charge >= 0.3 is 18.3 Å². The van der Waals surface area contributed by atoms with Gasteiger partial charge in [0.05, 0.1) is 18.2 Å². The zero-order valence-corrected chi connectivity index (χ0v) is 15.5. The third kappa shape index (κ3) is 7.22. The molecule has 0 fully saturated rings. The summed E-state index contributed by atoms with van der Waals surface area (Å²) in [6, 6.07) is -3.09. The first-order valence-corrected chi connectivity index (χ1v) is 8.32. The van der Waals surface area contributed by atoms with Gasteiger partial charge in [0, 0.05) is 18.9 Å². The van der Waals surface area contributed by atoms with E-state index in [9.17, 15) is 44.7 Å². The zero-order chi connectivity index (χ0) is 24.3. The van der Waals surface area contributed by atoms with Crippen molar-refractivity contribution in [3.05, 3.63) is 11.6 Å². The summed E-state index contributed by atoms with van der Waals surface area (Å²) in [7, 11) is 0. The smallest absolute Gasteiger partial charge is 0.422 e. The van der Waals surface area contributed by atoms with Crippen molar-refractivity contribution in [1.29, 1.82) is 0 Å². The van der Waals surface area contributed by atoms with Crippen LogP contribution < -0.4 is 16.8 Å². The maximum Gasteiger partial charge on any atom is 0.422 e. The second-order valence-electron chi connectivity index (χ2n) is 6.50. The van der Waals surface area contributed by atoms with Gasteiger partial charge in [-0.2, -0.15) is 26.3 Å². The first kappa shape index (κ1) is 26.4. The van der Waals surface area contributed by atoms with Gasteiger partial charge in [0.1, 0.15) is 6.10 Å². The summed E-state index contributed by atoms with van der Waals surface area (Å²) in [5, 5.41) is 11.2. The van der Waals surface area contributed by atoms with E-state index in [1.54, 1.807) is 0 Å². The Balaban J connectivity index is 3.51. The van der Waals surface area contributed by atoms with Gasteiger partial charge in [0.15, 0.2) is 5.96 Å². The minimum atomic E-state index is -5.95. The molecule has 178 valence electrons. The van der Waals surface area contributed by atoms with Gasteiger partial charge in [-0.1, -0.05) is 0 Å². The summed E-state index contributed by atoms with van der Waals surface area (Å²) in [6.45, 7) is 0.902. The number of alkyl halides is 8. The predicted molar refractivity (Wildman–Crippen MR) is 88.1 cm³/mol. The number of aliphatic carboxylic acids is 1. The lowest BCUT2D eigenvalue weighted by Gasteiger charge is -2.38. The highest BCUT2D eigenvalue weighted by Crippen LogP contribution is 2.37. The number of carboxylic acid groups (broad SMARTS) is 1. The van der Waals surface area contributed by atoms with Crippen LogP contribution in [0, 0.1) is 0 Å². The van der Waals surface area contributed by atoms with Crippen LogP contribution in [-0.2, 0) is 14.3 Å². The van der Waals surface area contributed by atoms with Crippen molar-refractivity contribution in [2.75, 3.05) is 0 Å². The van der Waals surface area contributed by atoms with E-state index < -0.39 is 78.8 Å². The summed E-state index contributed by atoms with van der Waals surface area (Å²) in [5.74, 6) is -3.24. The summed E-state index contributed by atoms with van der Waals surface area (Å²) >= 11 is 0. The molecule has 0 heterocycles. The fourth-order valence-electron chi connectivity index (χ4n) is 2.79. The van der Waals surface area contributed by atoms with Gasteiger partial charge in [-0.05, 0) is 6.08 Å². The van der Waals surface area contributed by atoms with Crippen molar-refractivity contribution in [3.63, 3.8) is 0 Å². The normalized spacial score (nSPS) is 25.1. The molecule has 0 saturated heterocycles. The molecule has 1 unspecified atom stereocenters. The van der Waals surface area contributed by atoms with Gasteiger partial charge in [-0.3, -0.25) is 4.79 Å². The highest BCUT2D eigenvalue weighted by Gasteiger charge is 2.58. The highest BCUT2D eigenvalue weighted by molar-refractivity contribution is 5.87. The van der Waals surface area contributed by atoms with Gasteiger partial charge in [-0.25, -0.2) is 18.6 Å². The number of guanidine groups is 1. The average molecular weight is 470 g/mol. The highest BCUT2D eigenvalue weighted by atomic mass is 19.4. The summed E-state index contributed by atoms with van der Waals surface area (Å²) in [6.07, 6.45) is -26.7. The molecular formula is C15H18F8N4O4. The zero-order valence-electron chi connectivity index (χ0n) is 15.5. The molecule has 0 aliphatic heterocycles. The fraction of sp³-hybridized carbons (Fsp3) is 0.667. The topological polar surface area (TPSA) is 140 Å². The Morgan fingerprint density at radius 3 is 2.00 bits per heavy atom. The fourth-order valence-corrected chi connectivity index (χ4v) is 2.79. The van der Waals surface area contributed by atoms with Crippen LogP contribution in [0.4, 0.5) is 35.1 Å². The molecule has 0 aromatic rings. The van der Waals surface area contributed by atoms with Gasteiger partial charge in [0.25, 0.3) is 0 Å². The molecule has 8 nitrogen and oxygen atoms in total. The Labute approximate surface area is 169 Å². The van der Waals surface area contributed by atoms with Gasteiger partial charge in [0.2, 0.25) is 18.3 Å². The Bertz CT molecular complexity index is 716. The number of carbonyl (C=O) groups excluding carboxylic acids is 1. The number of aliphatic imine (C=N–C) groups is 1. The van der Waals surface area contributed by atoms with Crippen molar-refractivity contribution < 1.29 is 54.6 Å². The van der Waals surface area contributed by atoms with Crippen LogP contribution in [0.5, 0.6) is 0 Å². The van der Waals surface area contributed by atoms with E-state index >= 15 is 0 Å². The van der Waals surface area contributed by atoms with Crippen molar-refractivity contribution >= 4 is 17.8 Å². The van der Waals surface area contributed by atoms with E-state index in [1.807, 2.05) is 0 Å². The Kier molecular flexibility index (Phi) is 8.22. The molecule has 31 heavy (non-hydrogen) atoms. The monoisotopic (exact) mass is 470 g/mol. The van der Waals surface area contributed by atoms with E-state index in [1.165, 1.54) is 0 Å². The molecule has 0 radical (unpaired) electrons. The number of halogens is 8. The lowest BCUT2D eigenvalue weighted by atomic mass is 9.87. The van der Waals surface area contributed by atoms with Crippen molar-refractivity contribution in [1.82, 2.24) is 5.32 Å². The van der Waals surface area contributed by atoms with E-state index in [0.29, 0.717) is 6.08 Å². The van der Waals surface area contributed by atoms with Crippen LogP contribution in [0.2, 0.25) is 0 Å². The van der Waals surface area contributed by atoms with Gasteiger partial charge in [-0.15, -0.1) is 0 Å². The molecular weight excluding hydrogens is 452 g/mol. The molecule has 1 aliphatic carbocycles. The standard InChI is InChI=1S/C15H18F8N4O4/c1-4(28)26-8-6(27-13(24)25)2-5(12(29)30)3-7(8)31-9(10(16)14(18,19)20)11(17)15(21,22)23/h3,6-11H,2H2,1H3,(H,26,28)(H,29,30)(H4,24,25,27)/t6-,7+,8+,9?,10-,11+/m0/s1. The van der Waals surface area contributed by atoms with Crippen molar-refractivity contribution in [2.45, 2.75) is 62.3 Å². The maximum atomic E-state index is 13.8. The first-order valence-electron chi connectivity index (χ1n) is 8.32. The molecule has 1 amide bonds. The molecule has 0 aromatic heterocycles.